The Morgan fingerprint density at radius 1 is 1.00 bits per heavy atom. The highest BCUT2D eigenvalue weighted by molar-refractivity contribution is 7.92. The van der Waals surface area contributed by atoms with E-state index in [0.717, 1.165) is 37.5 Å². The molecule has 3 rings (SSSR count). The molecule has 9 nitrogen and oxygen atoms in total. The molecule has 1 unspecified atom stereocenters. The molecule has 1 fully saturated rings. The third-order valence-electron chi connectivity index (χ3n) is 7.34. The fraction of sp³-hybridized carbons (Fsp3) is 0.533. The number of nitrogens with zero attached hydrogens (tertiary/aromatic N) is 2. The van der Waals surface area contributed by atoms with Crippen LogP contribution in [0.15, 0.2) is 48.5 Å². The van der Waals surface area contributed by atoms with Crippen molar-refractivity contribution in [2.75, 3.05) is 31.3 Å². The van der Waals surface area contributed by atoms with E-state index in [9.17, 15) is 18.0 Å². The Labute approximate surface area is 238 Å². The number of anilines is 1. The van der Waals surface area contributed by atoms with Crippen LogP contribution >= 0.6 is 0 Å². The molecule has 10 heteroatoms. The van der Waals surface area contributed by atoms with E-state index < -0.39 is 16.1 Å². The van der Waals surface area contributed by atoms with Crippen molar-refractivity contribution in [2.45, 2.75) is 76.9 Å². The first-order valence-electron chi connectivity index (χ1n) is 14.0. The molecule has 0 saturated heterocycles. The molecule has 0 aromatic heterocycles. The summed E-state index contributed by atoms with van der Waals surface area (Å²) in [5.74, 6) is 0.927. The van der Waals surface area contributed by atoms with Crippen LogP contribution in [-0.4, -0.2) is 64.2 Å². The van der Waals surface area contributed by atoms with E-state index in [4.69, 9.17) is 9.47 Å². The number of ether oxygens (including phenoxy) is 2. The fourth-order valence-corrected chi connectivity index (χ4v) is 6.12. The lowest BCUT2D eigenvalue weighted by molar-refractivity contribution is -0.141. The van der Waals surface area contributed by atoms with Crippen LogP contribution in [-0.2, 0) is 26.2 Å². The number of carbonyl (C=O) groups excluding carboxylic acids is 2. The van der Waals surface area contributed by atoms with Crippen LogP contribution in [0.2, 0.25) is 0 Å². The molecule has 2 aromatic carbocycles. The van der Waals surface area contributed by atoms with Gasteiger partial charge in [-0.2, -0.15) is 0 Å². The number of hydrogen-bond acceptors (Lipinski definition) is 6. The quantitative estimate of drug-likeness (QED) is 0.357. The Morgan fingerprint density at radius 3 is 2.27 bits per heavy atom. The Bertz CT molecular complexity index is 1210. The standard InChI is InChI=1S/C30H43N3O6S/c1-5-28(30(35)31-24-11-7-6-8-12-24)32(22-23-16-18-26(38-2)19-17-23)29(34)15-10-20-33(40(4,36)37)25-13-9-14-27(21-25)39-3/h9,13-14,16-19,21,24,28H,5-8,10-12,15,20,22H2,1-4H3,(H,31,35). The molecular formula is C30H43N3O6S. The topological polar surface area (TPSA) is 105 Å². The van der Waals surface area contributed by atoms with Crippen molar-refractivity contribution in [3.63, 3.8) is 0 Å². The number of carbonyl (C=O) groups is 2. The Morgan fingerprint density at radius 2 is 1.68 bits per heavy atom. The van der Waals surface area contributed by atoms with Gasteiger partial charge in [-0.05, 0) is 55.5 Å². The van der Waals surface area contributed by atoms with Crippen LogP contribution in [0.4, 0.5) is 5.69 Å². The number of amides is 2. The molecule has 0 radical (unpaired) electrons. The van der Waals surface area contributed by atoms with Gasteiger partial charge in [0.15, 0.2) is 0 Å². The first-order chi connectivity index (χ1) is 19.2. The predicted molar refractivity (Wildman–Crippen MR) is 157 cm³/mol. The van der Waals surface area contributed by atoms with Crippen molar-refractivity contribution in [1.29, 1.82) is 0 Å². The summed E-state index contributed by atoms with van der Waals surface area (Å²) in [6.45, 7) is 2.30. The van der Waals surface area contributed by atoms with Gasteiger partial charge in [-0.1, -0.05) is 44.4 Å². The van der Waals surface area contributed by atoms with E-state index in [-0.39, 0.29) is 37.4 Å². The second-order valence-corrected chi connectivity index (χ2v) is 12.2. The molecule has 1 N–H and O–H groups in total. The summed E-state index contributed by atoms with van der Waals surface area (Å²) in [6, 6.07) is 13.8. The normalized spacial score (nSPS) is 14.7. The second kappa shape index (κ2) is 14.9. The SMILES string of the molecule is CCC(C(=O)NC1CCCCC1)N(Cc1ccc(OC)cc1)C(=O)CCCN(c1cccc(OC)c1)S(C)(=O)=O. The molecule has 0 heterocycles. The van der Waals surface area contributed by atoms with E-state index >= 15 is 0 Å². The van der Waals surface area contributed by atoms with Crippen LogP contribution in [0.3, 0.4) is 0 Å². The van der Waals surface area contributed by atoms with E-state index in [0.29, 0.717) is 30.0 Å². The van der Waals surface area contributed by atoms with Crippen LogP contribution in [0.1, 0.15) is 63.9 Å². The van der Waals surface area contributed by atoms with Gasteiger partial charge in [-0.15, -0.1) is 0 Å². The van der Waals surface area contributed by atoms with E-state index in [1.165, 1.54) is 17.8 Å². The Hall–Kier alpha value is -3.27. The molecule has 0 aliphatic heterocycles. The number of methoxy groups -OCH3 is 2. The van der Waals surface area contributed by atoms with Crippen LogP contribution in [0.5, 0.6) is 11.5 Å². The fourth-order valence-electron chi connectivity index (χ4n) is 5.16. The van der Waals surface area contributed by atoms with Crippen molar-refractivity contribution >= 4 is 27.5 Å². The minimum atomic E-state index is -3.59. The molecule has 1 aliphatic rings. The average molecular weight is 574 g/mol. The van der Waals surface area contributed by atoms with E-state index in [1.807, 2.05) is 31.2 Å². The van der Waals surface area contributed by atoms with Gasteiger partial charge in [0, 0.05) is 31.6 Å². The first-order valence-corrected chi connectivity index (χ1v) is 15.9. The maximum Gasteiger partial charge on any atom is 0.243 e. The van der Waals surface area contributed by atoms with E-state index in [2.05, 4.69) is 5.32 Å². The van der Waals surface area contributed by atoms with Crippen molar-refractivity contribution in [3.8, 4) is 11.5 Å². The molecule has 2 aromatic rings. The zero-order valence-electron chi connectivity index (χ0n) is 24.1. The third kappa shape index (κ3) is 8.87. The predicted octanol–water partition coefficient (Wildman–Crippen LogP) is 4.51. The molecule has 0 bridgehead atoms. The summed E-state index contributed by atoms with van der Waals surface area (Å²) < 4.78 is 37.0. The van der Waals surface area contributed by atoms with Gasteiger partial charge in [0.2, 0.25) is 21.8 Å². The van der Waals surface area contributed by atoms with Gasteiger partial charge < -0.3 is 19.7 Å². The minimum Gasteiger partial charge on any atom is -0.497 e. The van der Waals surface area contributed by atoms with Crippen LogP contribution in [0, 0.1) is 0 Å². The first kappa shape index (κ1) is 31.3. The zero-order valence-corrected chi connectivity index (χ0v) is 24.9. The zero-order chi connectivity index (χ0) is 29.1. The highest BCUT2D eigenvalue weighted by Gasteiger charge is 2.30. The van der Waals surface area contributed by atoms with Gasteiger partial charge in [0.1, 0.15) is 17.5 Å². The summed E-state index contributed by atoms with van der Waals surface area (Å²) >= 11 is 0. The number of rotatable bonds is 14. The number of sulfonamides is 1. The molecule has 1 atom stereocenters. The molecule has 40 heavy (non-hydrogen) atoms. The third-order valence-corrected chi connectivity index (χ3v) is 8.54. The van der Waals surface area contributed by atoms with Crippen molar-refractivity contribution in [3.05, 3.63) is 54.1 Å². The van der Waals surface area contributed by atoms with Gasteiger partial charge in [0.05, 0.1) is 26.2 Å². The van der Waals surface area contributed by atoms with E-state index in [1.54, 1.807) is 36.3 Å². The van der Waals surface area contributed by atoms with Crippen LogP contribution in [0.25, 0.3) is 0 Å². The summed E-state index contributed by atoms with van der Waals surface area (Å²) in [4.78, 5) is 28.7. The summed E-state index contributed by atoms with van der Waals surface area (Å²) in [5.41, 5.74) is 1.36. The maximum absolute atomic E-state index is 13.7. The molecule has 2 amide bonds. The molecular weight excluding hydrogens is 530 g/mol. The summed E-state index contributed by atoms with van der Waals surface area (Å²) in [7, 11) is -0.472. The molecule has 1 saturated carbocycles. The van der Waals surface area contributed by atoms with Crippen LogP contribution < -0.4 is 19.1 Å². The highest BCUT2D eigenvalue weighted by atomic mass is 32.2. The largest absolute Gasteiger partial charge is 0.497 e. The Balaban J connectivity index is 1.76. The average Bonchev–Trinajstić information content (AvgIpc) is 2.95. The lowest BCUT2D eigenvalue weighted by Gasteiger charge is -2.33. The highest BCUT2D eigenvalue weighted by Crippen LogP contribution is 2.24. The monoisotopic (exact) mass is 573 g/mol. The Kier molecular flexibility index (Phi) is 11.7. The lowest BCUT2D eigenvalue weighted by atomic mass is 9.95. The van der Waals surface area contributed by atoms with Gasteiger partial charge in [-0.25, -0.2) is 8.42 Å². The summed E-state index contributed by atoms with van der Waals surface area (Å²) in [6.07, 6.45) is 7.31. The summed E-state index contributed by atoms with van der Waals surface area (Å²) in [5, 5.41) is 3.18. The van der Waals surface area contributed by atoms with Gasteiger partial charge in [-0.3, -0.25) is 13.9 Å². The molecule has 1 aliphatic carbocycles. The van der Waals surface area contributed by atoms with Crippen molar-refractivity contribution in [1.82, 2.24) is 10.2 Å². The van der Waals surface area contributed by atoms with Crippen molar-refractivity contribution in [2.24, 2.45) is 0 Å². The number of hydrogen-bond donors (Lipinski definition) is 1. The smallest absolute Gasteiger partial charge is 0.243 e. The maximum atomic E-state index is 13.7. The van der Waals surface area contributed by atoms with Gasteiger partial charge >= 0.3 is 0 Å². The number of benzene rings is 2. The van der Waals surface area contributed by atoms with Gasteiger partial charge in [0.25, 0.3) is 0 Å². The molecule has 0 spiro atoms. The number of nitrogens with one attached hydrogen (secondary N) is 1. The molecule has 220 valence electrons. The minimum absolute atomic E-state index is 0.0966. The van der Waals surface area contributed by atoms with Crippen molar-refractivity contribution < 1.29 is 27.5 Å². The lowest BCUT2D eigenvalue weighted by Crippen LogP contribution is -2.51. The second-order valence-electron chi connectivity index (χ2n) is 10.3.